The largest absolute Gasteiger partial charge is 0.494 e. The lowest BCUT2D eigenvalue weighted by Gasteiger charge is -2.36. The fourth-order valence-electron chi connectivity index (χ4n) is 3.87. The number of hydrogen-bond acceptors (Lipinski definition) is 5. The van der Waals surface area contributed by atoms with Crippen molar-refractivity contribution in [3.63, 3.8) is 0 Å². The minimum atomic E-state index is -0.369. The third kappa shape index (κ3) is 6.78. The molecular weight excluding hydrogens is 369 g/mol. The molecule has 1 aliphatic rings. The number of piperazine rings is 1. The van der Waals surface area contributed by atoms with Crippen molar-refractivity contribution in [2.75, 3.05) is 53.4 Å². The van der Waals surface area contributed by atoms with Gasteiger partial charge in [-0.1, -0.05) is 36.4 Å². The van der Waals surface area contributed by atoms with E-state index in [1.54, 1.807) is 12.1 Å². The molecule has 0 saturated carbocycles. The van der Waals surface area contributed by atoms with Crippen LogP contribution in [0.3, 0.4) is 0 Å². The third-order valence-electron chi connectivity index (χ3n) is 5.37. The Balaban J connectivity index is 1.38. The average molecular weight is 402 g/mol. The fraction of sp³-hybridized carbons (Fsp3) is 0.478. The van der Waals surface area contributed by atoms with Crippen LogP contribution in [-0.4, -0.2) is 79.3 Å². The van der Waals surface area contributed by atoms with Gasteiger partial charge in [-0.2, -0.15) is 0 Å². The second kappa shape index (κ2) is 10.7. The second-order valence-corrected chi connectivity index (χ2v) is 7.88. The molecule has 2 aromatic carbocycles. The van der Waals surface area contributed by atoms with E-state index in [-0.39, 0.29) is 17.7 Å². The van der Waals surface area contributed by atoms with E-state index in [9.17, 15) is 9.50 Å². The van der Waals surface area contributed by atoms with Crippen molar-refractivity contribution < 1.29 is 14.2 Å². The summed E-state index contributed by atoms with van der Waals surface area (Å²) in [6, 6.07) is 15.5. The molecule has 3 rings (SSSR count). The molecule has 29 heavy (non-hydrogen) atoms. The first-order valence-electron chi connectivity index (χ1n) is 10.2. The van der Waals surface area contributed by atoms with E-state index in [0.717, 1.165) is 44.8 Å². The molecule has 0 aliphatic carbocycles. The van der Waals surface area contributed by atoms with Crippen LogP contribution in [0, 0.1) is 5.82 Å². The van der Waals surface area contributed by atoms with Crippen molar-refractivity contribution in [2.45, 2.75) is 19.2 Å². The normalized spacial score (nSPS) is 16.9. The van der Waals surface area contributed by atoms with Crippen molar-refractivity contribution in [3.05, 3.63) is 65.5 Å². The first-order valence-corrected chi connectivity index (χ1v) is 10.2. The lowest BCUT2D eigenvalue weighted by Crippen LogP contribution is -2.49. The number of β-amino-alcohol motifs (C(OH)–C–C–N with tert-alkyl or cyclic N) is 1. The molecule has 1 unspecified atom stereocenters. The van der Waals surface area contributed by atoms with E-state index >= 15 is 0 Å². The number of methoxy groups -OCH3 is 1. The van der Waals surface area contributed by atoms with E-state index in [0.29, 0.717) is 13.1 Å². The molecule has 0 aromatic heterocycles. The molecule has 1 N–H and O–H groups in total. The highest BCUT2D eigenvalue weighted by molar-refractivity contribution is 5.29. The summed E-state index contributed by atoms with van der Waals surface area (Å²) in [6.45, 7) is 6.57. The van der Waals surface area contributed by atoms with Crippen LogP contribution in [0.2, 0.25) is 0 Å². The Morgan fingerprint density at radius 2 is 1.72 bits per heavy atom. The molecule has 0 spiro atoms. The van der Waals surface area contributed by atoms with Crippen molar-refractivity contribution in [1.82, 2.24) is 14.7 Å². The van der Waals surface area contributed by atoms with Crippen LogP contribution in [0.4, 0.5) is 4.39 Å². The number of aliphatic hydroxyl groups is 1. The highest BCUT2D eigenvalue weighted by atomic mass is 19.1. The van der Waals surface area contributed by atoms with E-state index in [1.807, 2.05) is 31.3 Å². The van der Waals surface area contributed by atoms with Crippen LogP contribution in [0.5, 0.6) is 5.75 Å². The zero-order valence-corrected chi connectivity index (χ0v) is 17.4. The number of ether oxygens (including phenoxy) is 1. The minimum absolute atomic E-state index is 0.282. The predicted octanol–water partition coefficient (Wildman–Crippen LogP) is 2.44. The Kier molecular flexibility index (Phi) is 8.00. The van der Waals surface area contributed by atoms with Crippen molar-refractivity contribution in [1.29, 1.82) is 0 Å². The summed E-state index contributed by atoms with van der Waals surface area (Å²) in [5, 5.41) is 10.5. The van der Waals surface area contributed by atoms with Gasteiger partial charge in [0.25, 0.3) is 0 Å². The number of halogens is 1. The van der Waals surface area contributed by atoms with Gasteiger partial charge in [0, 0.05) is 52.4 Å². The van der Waals surface area contributed by atoms with Crippen LogP contribution in [0.1, 0.15) is 11.1 Å². The van der Waals surface area contributed by atoms with Gasteiger partial charge in [0.2, 0.25) is 0 Å². The maximum Gasteiger partial charge on any atom is 0.165 e. The number of hydrogen-bond donors (Lipinski definition) is 1. The zero-order valence-electron chi connectivity index (χ0n) is 17.4. The van der Waals surface area contributed by atoms with Crippen LogP contribution >= 0.6 is 0 Å². The maximum atomic E-state index is 13.9. The quantitative estimate of drug-likeness (QED) is 0.699. The Morgan fingerprint density at radius 1 is 1.03 bits per heavy atom. The topological polar surface area (TPSA) is 39.2 Å². The highest BCUT2D eigenvalue weighted by Crippen LogP contribution is 2.19. The number of benzene rings is 2. The number of rotatable bonds is 9. The van der Waals surface area contributed by atoms with Crippen molar-refractivity contribution >= 4 is 0 Å². The predicted molar refractivity (Wildman–Crippen MR) is 113 cm³/mol. The first kappa shape index (κ1) is 21.7. The Morgan fingerprint density at radius 3 is 2.38 bits per heavy atom. The summed E-state index contributed by atoms with van der Waals surface area (Å²) in [4.78, 5) is 6.80. The average Bonchev–Trinajstić information content (AvgIpc) is 2.70. The Hall–Kier alpha value is -1.99. The van der Waals surface area contributed by atoms with Crippen molar-refractivity contribution in [3.8, 4) is 5.75 Å². The van der Waals surface area contributed by atoms with Crippen LogP contribution in [-0.2, 0) is 13.1 Å². The summed E-state index contributed by atoms with van der Waals surface area (Å²) in [5.74, 6) is -0.0313. The molecule has 0 radical (unpaired) electrons. The molecule has 1 heterocycles. The molecule has 1 atom stereocenters. The third-order valence-corrected chi connectivity index (χ3v) is 5.37. The summed E-state index contributed by atoms with van der Waals surface area (Å²) in [5.41, 5.74) is 2.21. The van der Waals surface area contributed by atoms with Crippen LogP contribution in [0.15, 0.2) is 48.5 Å². The second-order valence-electron chi connectivity index (χ2n) is 7.88. The van der Waals surface area contributed by atoms with Gasteiger partial charge >= 0.3 is 0 Å². The van der Waals surface area contributed by atoms with E-state index < -0.39 is 0 Å². The zero-order chi connectivity index (χ0) is 20.6. The summed E-state index contributed by atoms with van der Waals surface area (Å²) in [6.07, 6.45) is -0.369. The molecule has 1 saturated heterocycles. The highest BCUT2D eigenvalue weighted by Gasteiger charge is 2.20. The fourth-order valence-corrected chi connectivity index (χ4v) is 3.87. The molecule has 0 bridgehead atoms. The lowest BCUT2D eigenvalue weighted by molar-refractivity contribution is 0.0525. The Bertz CT molecular complexity index is 751. The van der Waals surface area contributed by atoms with Gasteiger partial charge in [0.05, 0.1) is 13.2 Å². The summed E-state index contributed by atoms with van der Waals surface area (Å²) >= 11 is 0. The molecule has 5 nitrogen and oxygen atoms in total. The molecule has 6 heteroatoms. The van der Waals surface area contributed by atoms with E-state index in [4.69, 9.17) is 4.74 Å². The van der Waals surface area contributed by atoms with E-state index in [1.165, 1.54) is 12.7 Å². The summed E-state index contributed by atoms with van der Waals surface area (Å²) in [7, 11) is 3.52. The molecule has 1 aliphatic heterocycles. The monoisotopic (exact) mass is 401 g/mol. The van der Waals surface area contributed by atoms with Crippen molar-refractivity contribution in [2.24, 2.45) is 0 Å². The van der Waals surface area contributed by atoms with Gasteiger partial charge in [0.15, 0.2) is 11.6 Å². The van der Waals surface area contributed by atoms with Gasteiger partial charge in [0.1, 0.15) is 0 Å². The van der Waals surface area contributed by atoms with Gasteiger partial charge in [-0.15, -0.1) is 0 Å². The van der Waals surface area contributed by atoms with Gasteiger partial charge in [-0.25, -0.2) is 4.39 Å². The minimum Gasteiger partial charge on any atom is -0.494 e. The SMILES string of the molecule is COc1ccc(CN2CCN(CC(O)CN(C)Cc3ccccc3)CC2)cc1F. The summed E-state index contributed by atoms with van der Waals surface area (Å²) < 4.78 is 18.8. The number of likely N-dealkylation sites (N-methyl/N-ethyl adjacent to an activating group) is 1. The molecule has 1 fully saturated rings. The molecule has 2 aromatic rings. The smallest absolute Gasteiger partial charge is 0.165 e. The maximum absolute atomic E-state index is 13.9. The van der Waals surface area contributed by atoms with Crippen LogP contribution < -0.4 is 4.74 Å². The Labute approximate surface area is 173 Å². The number of nitrogens with zero attached hydrogens (tertiary/aromatic N) is 3. The lowest BCUT2D eigenvalue weighted by atomic mass is 10.1. The molecular formula is C23H32FN3O2. The van der Waals surface area contributed by atoms with Gasteiger partial charge < -0.3 is 9.84 Å². The first-order chi connectivity index (χ1) is 14.0. The van der Waals surface area contributed by atoms with Gasteiger partial charge in [-0.05, 0) is 30.3 Å². The molecule has 0 amide bonds. The van der Waals surface area contributed by atoms with Crippen LogP contribution in [0.25, 0.3) is 0 Å². The number of aliphatic hydroxyl groups excluding tert-OH is 1. The standard InChI is InChI=1S/C23H32FN3O2/c1-25(15-19-6-4-3-5-7-19)17-21(28)18-27-12-10-26(11-13-27)16-20-8-9-23(29-2)22(24)14-20/h3-9,14,21,28H,10-13,15-18H2,1-2H3. The van der Waals surface area contributed by atoms with Gasteiger partial charge in [-0.3, -0.25) is 14.7 Å². The molecule has 158 valence electrons. The van der Waals surface area contributed by atoms with E-state index in [2.05, 4.69) is 26.8 Å².